The Bertz CT molecular complexity index is 440. The molecular weight excluding hydrogens is 280 g/mol. The normalized spacial score (nSPS) is 10.7. The van der Waals surface area contributed by atoms with E-state index in [0.717, 1.165) is 19.6 Å². The van der Waals surface area contributed by atoms with Gasteiger partial charge in [0.2, 0.25) is 0 Å². The van der Waals surface area contributed by atoms with Crippen molar-refractivity contribution in [3.8, 4) is 5.75 Å². The molecule has 6 heteroatoms. The number of hydrogen-bond acceptors (Lipinski definition) is 5. The van der Waals surface area contributed by atoms with Crippen molar-refractivity contribution in [3.05, 3.63) is 28.8 Å². The third-order valence-corrected chi connectivity index (χ3v) is 3.06. The summed E-state index contributed by atoms with van der Waals surface area (Å²) in [4.78, 5) is 13.8. The van der Waals surface area contributed by atoms with E-state index in [1.165, 1.54) is 7.11 Å². The van der Waals surface area contributed by atoms with E-state index in [1.54, 1.807) is 18.2 Å². The molecule has 20 heavy (non-hydrogen) atoms. The molecule has 0 aliphatic carbocycles. The molecule has 1 aromatic rings. The van der Waals surface area contributed by atoms with E-state index < -0.39 is 5.97 Å². The fourth-order valence-corrected chi connectivity index (χ4v) is 1.80. The number of ether oxygens (including phenoxy) is 2. The maximum atomic E-state index is 11.6. The highest BCUT2D eigenvalue weighted by atomic mass is 35.5. The van der Waals surface area contributed by atoms with Crippen LogP contribution in [-0.2, 0) is 4.74 Å². The molecule has 1 rings (SSSR count). The van der Waals surface area contributed by atoms with Gasteiger partial charge in [0.15, 0.2) is 0 Å². The van der Waals surface area contributed by atoms with Gasteiger partial charge in [0.25, 0.3) is 0 Å². The van der Waals surface area contributed by atoms with E-state index in [4.69, 9.17) is 21.1 Å². The van der Waals surface area contributed by atoms with Gasteiger partial charge in [0.05, 0.1) is 7.11 Å². The number of carbonyl (C=O) groups is 1. The first-order chi connectivity index (χ1) is 9.58. The Labute approximate surface area is 124 Å². The predicted molar refractivity (Wildman–Crippen MR) is 79.7 cm³/mol. The molecule has 1 N–H and O–H groups in total. The molecule has 0 saturated carbocycles. The number of methoxy groups -OCH3 is 1. The summed E-state index contributed by atoms with van der Waals surface area (Å²) >= 11 is 5.88. The Balaban J connectivity index is 2.57. The van der Waals surface area contributed by atoms with E-state index in [2.05, 4.69) is 10.2 Å². The average Bonchev–Trinajstić information content (AvgIpc) is 2.45. The molecule has 0 aromatic heterocycles. The minimum Gasteiger partial charge on any atom is -0.491 e. The van der Waals surface area contributed by atoms with E-state index >= 15 is 0 Å². The minimum atomic E-state index is -0.453. The third-order valence-electron chi connectivity index (χ3n) is 2.82. The largest absolute Gasteiger partial charge is 0.491 e. The molecule has 0 fully saturated rings. The summed E-state index contributed by atoms with van der Waals surface area (Å²) in [6.45, 7) is 3.12. The van der Waals surface area contributed by atoms with E-state index in [0.29, 0.717) is 22.9 Å². The first-order valence-corrected chi connectivity index (χ1v) is 6.80. The number of rotatable bonds is 8. The lowest BCUT2D eigenvalue weighted by Crippen LogP contribution is -2.30. The number of esters is 1. The van der Waals surface area contributed by atoms with Crippen LogP contribution in [0.4, 0.5) is 0 Å². The summed E-state index contributed by atoms with van der Waals surface area (Å²) in [7, 11) is 5.27. The van der Waals surface area contributed by atoms with Gasteiger partial charge in [-0.05, 0) is 32.3 Å². The Morgan fingerprint density at radius 3 is 2.80 bits per heavy atom. The SMILES string of the molecule is CNCCN(C)CCOc1ccc(Cl)cc1C(=O)OC. The average molecular weight is 301 g/mol. The summed E-state index contributed by atoms with van der Waals surface area (Å²) in [6.07, 6.45) is 0. The third kappa shape index (κ3) is 5.36. The van der Waals surface area contributed by atoms with Crippen molar-refractivity contribution in [3.63, 3.8) is 0 Å². The fraction of sp³-hybridized carbons (Fsp3) is 0.500. The molecule has 0 atom stereocenters. The molecular formula is C14H21ClN2O3. The monoisotopic (exact) mass is 300 g/mol. The molecule has 0 unspecified atom stereocenters. The van der Waals surface area contributed by atoms with Crippen LogP contribution in [0.3, 0.4) is 0 Å². The first kappa shape index (κ1) is 16.8. The van der Waals surface area contributed by atoms with Crippen molar-refractivity contribution in [2.75, 3.05) is 47.4 Å². The van der Waals surface area contributed by atoms with Gasteiger partial charge in [0, 0.05) is 24.7 Å². The van der Waals surface area contributed by atoms with Crippen molar-refractivity contribution >= 4 is 17.6 Å². The van der Waals surface area contributed by atoms with E-state index in [-0.39, 0.29) is 0 Å². The molecule has 0 bridgehead atoms. The highest BCUT2D eigenvalue weighted by Gasteiger charge is 2.13. The topological polar surface area (TPSA) is 50.8 Å². The minimum absolute atomic E-state index is 0.345. The number of nitrogens with one attached hydrogen (secondary N) is 1. The van der Waals surface area contributed by atoms with Crippen molar-refractivity contribution in [2.24, 2.45) is 0 Å². The summed E-state index contributed by atoms with van der Waals surface area (Å²) in [5.74, 6) is 0.0364. The molecule has 0 heterocycles. The summed E-state index contributed by atoms with van der Waals surface area (Å²) < 4.78 is 10.4. The summed E-state index contributed by atoms with van der Waals surface area (Å²) in [5, 5.41) is 3.56. The van der Waals surface area contributed by atoms with Gasteiger partial charge in [-0.3, -0.25) is 0 Å². The lowest BCUT2D eigenvalue weighted by molar-refractivity contribution is 0.0595. The first-order valence-electron chi connectivity index (χ1n) is 6.42. The van der Waals surface area contributed by atoms with Crippen LogP contribution in [0.1, 0.15) is 10.4 Å². The van der Waals surface area contributed by atoms with Crippen molar-refractivity contribution < 1.29 is 14.3 Å². The maximum absolute atomic E-state index is 11.6. The zero-order valence-corrected chi connectivity index (χ0v) is 12.9. The fourth-order valence-electron chi connectivity index (χ4n) is 1.62. The lowest BCUT2D eigenvalue weighted by atomic mass is 10.2. The molecule has 0 saturated heterocycles. The quantitative estimate of drug-likeness (QED) is 0.740. The van der Waals surface area contributed by atoms with Crippen molar-refractivity contribution in [1.82, 2.24) is 10.2 Å². The second-order valence-electron chi connectivity index (χ2n) is 4.39. The molecule has 0 spiro atoms. The smallest absolute Gasteiger partial charge is 0.341 e. The second kappa shape index (κ2) is 8.79. The van der Waals surface area contributed by atoms with Crippen molar-refractivity contribution in [2.45, 2.75) is 0 Å². The van der Waals surface area contributed by atoms with Gasteiger partial charge in [0.1, 0.15) is 17.9 Å². The van der Waals surface area contributed by atoms with Gasteiger partial charge in [-0.1, -0.05) is 11.6 Å². The lowest BCUT2D eigenvalue weighted by Gasteiger charge is -2.17. The van der Waals surface area contributed by atoms with Crippen LogP contribution >= 0.6 is 11.6 Å². The number of nitrogens with zero attached hydrogens (tertiary/aromatic N) is 1. The number of halogens is 1. The summed E-state index contributed by atoms with van der Waals surface area (Å²) in [6, 6.07) is 4.92. The molecule has 112 valence electrons. The Morgan fingerprint density at radius 2 is 2.15 bits per heavy atom. The maximum Gasteiger partial charge on any atom is 0.341 e. The molecule has 0 amide bonds. The Morgan fingerprint density at radius 1 is 1.40 bits per heavy atom. The Hall–Kier alpha value is -1.30. The van der Waals surface area contributed by atoms with Crippen LogP contribution < -0.4 is 10.1 Å². The molecule has 0 radical (unpaired) electrons. The standard InChI is InChI=1S/C14H21ClN2O3/c1-16-6-7-17(2)8-9-20-13-5-4-11(15)10-12(13)14(18)19-3/h4-5,10,16H,6-9H2,1-3H3. The summed E-state index contributed by atoms with van der Waals surface area (Å²) in [5.41, 5.74) is 0.345. The molecule has 1 aromatic carbocycles. The van der Waals surface area contributed by atoms with Gasteiger partial charge < -0.3 is 19.7 Å². The van der Waals surface area contributed by atoms with Gasteiger partial charge in [-0.15, -0.1) is 0 Å². The number of benzene rings is 1. The van der Waals surface area contributed by atoms with Gasteiger partial charge >= 0.3 is 5.97 Å². The van der Waals surface area contributed by atoms with Crippen LogP contribution in [-0.4, -0.2) is 58.3 Å². The molecule has 5 nitrogen and oxygen atoms in total. The van der Waals surface area contributed by atoms with Crippen LogP contribution in [0.5, 0.6) is 5.75 Å². The number of carbonyl (C=O) groups excluding carboxylic acids is 1. The van der Waals surface area contributed by atoms with Crippen LogP contribution in [0, 0.1) is 0 Å². The van der Waals surface area contributed by atoms with Crippen LogP contribution in [0.15, 0.2) is 18.2 Å². The van der Waals surface area contributed by atoms with E-state index in [1.807, 2.05) is 14.1 Å². The van der Waals surface area contributed by atoms with Gasteiger partial charge in [-0.2, -0.15) is 0 Å². The van der Waals surface area contributed by atoms with Crippen LogP contribution in [0.25, 0.3) is 0 Å². The zero-order chi connectivity index (χ0) is 15.0. The second-order valence-corrected chi connectivity index (χ2v) is 4.82. The Kier molecular flexibility index (Phi) is 7.36. The van der Waals surface area contributed by atoms with Gasteiger partial charge in [-0.25, -0.2) is 4.79 Å². The molecule has 0 aliphatic heterocycles. The predicted octanol–water partition coefficient (Wildman–Crippen LogP) is 1.66. The zero-order valence-electron chi connectivity index (χ0n) is 12.1. The highest BCUT2D eigenvalue weighted by molar-refractivity contribution is 6.31. The number of likely N-dealkylation sites (N-methyl/N-ethyl adjacent to an activating group) is 2. The van der Waals surface area contributed by atoms with Crippen LogP contribution in [0.2, 0.25) is 5.02 Å². The number of hydrogen-bond donors (Lipinski definition) is 1. The highest BCUT2D eigenvalue weighted by Crippen LogP contribution is 2.23. The van der Waals surface area contributed by atoms with Crippen molar-refractivity contribution in [1.29, 1.82) is 0 Å². The van der Waals surface area contributed by atoms with E-state index in [9.17, 15) is 4.79 Å². The molecule has 0 aliphatic rings.